The molecular weight excluding hydrogens is 336 g/mol. The number of hydrogen-bond donors (Lipinski definition) is 0. The van der Waals surface area contributed by atoms with E-state index in [2.05, 4.69) is 31.9 Å². The van der Waals surface area contributed by atoms with Crippen LogP contribution in [0, 0.1) is 0 Å². The Balaban J connectivity index is 2.08. The Morgan fingerprint density at radius 2 is 1.94 bits per heavy atom. The average molecular weight is 348 g/mol. The van der Waals surface area contributed by atoms with E-state index in [9.17, 15) is 4.79 Å². The van der Waals surface area contributed by atoms with Crippen molar-refractivity contribution in [2.24, 2.45) is 0 Å². The zero-order valence-corrected chi connectivity index (χ0v) is 11.9. The van der Waals surface area contributed by atoms with Gasteiger partial charge in [-0.2, -0.15) is 0 Å². The van der Waals surface area contributed by atoms with Crippen LogP contribution in [0.4, 0.5) is 0 Å². The largest absolute Gasteiger partial charge is 0.459 e. The van der Waals surface area contributed by atoms with E-state index < -0.39 is 0 Å². The van der Waals surface area contributed by atoms with E-state index >= 15 is 0 Å². The Bertz CT molecular complexity index is 398. The maximum absolute atomic E-state index is 11.9. The van der Waals surface area contributed by atoms with Crippen LogP contribution < -0.4 is 0 Å². The van der Waals surface area contributed by atoms with Crippen LogP contribution in [0.3, 0.4) is 0 Å². The van der Waals surface area contributed by atoms with Gasteiger partial charge in [0.25, 0.3) is 0 Å². The molecule has 1 aliphatic carbocycles. The number of carbonyl (C=O) groups excluding carboxylic acids is 1. The zero-order chi connectivity index (χ0) is 11.5. The fourth-order valence-electron chi connectivity index (χ4n) is 1.88. The summed E-state index contributed by atoms with van der Waals surface area (Å²) in [6.45, 7) is 0. The molecule has 1 aromatic carbocycles. The molecule has 1 aliphatic rings. The molecule has 0 saturated heterocycles. The first-order valence-corrected chi connectivity index (χ1v) is 6.91. The SMILES string of the molecule is O=C(OC1CCCC1)c1ccc(Br)cc1Br. The Kier molecular flexibility index (Phi) is 4.03. The van der Waals surface area contributed by atoms with Crippen molar-refractivity contribution in [3.8, 4) is 0 Å². The van der Waals surface area contributed by atoms with E-state index in [1.54, 1.807) is 6.07 Å². The lowest BCUT2D eigenvalue weighted by Gasteiger charge is -2.12. The Labute approximate surface area is 112 Å². The normalized spacial score (nSPS) is 16.4. The summed E-state index contributed by atoms with van der Waals surface area (Å²) >= 11 is 6.72. The highest BCUT2D eigenvalue weighted by atomic mass is 79.9. The topological polar surface area (TPSA) is 26.3 Å². The lowest BCUT2D eigenvalue weighted by molar-refractivity contribution is 0.0317. The third-order valence-corrected chi connectivity index (χ3v) is 3.88. The van der Waals surface area contributed by atoms with Crippen LogP contribution in [0.15, 0.2) is 27.1 Å². The van der Waals surface area contributed by atoms with Crippen LogP contribution in [-0.4, -0.2) is 12.1 Å². The highest BCUT2D eigenvalue weighted by Gasteiger charge is 2.21. The van der Waals surface area contributed by atoms with E-state index in [1.807, 2.05) is 12.1 Å². The molecule has 4 heteroatoms. The summed E-state index contributed by atoms with van der Waals surface area (Å²) < 4.78 is 7.14. The molecule has 1 aromatic rings. The molecule has 0 aliphatic heterocycles. The first kappa shape index (κ1) is 12.1. The molecule has 1 saturated carbocycles. The predicted molar refractivity (Wildman–Crippen MR) is 69.5 cm³/mol. The van der Waals surface area contributed by atoms with Gasteiger partial charge < -0.3 is 4.74 Å². The molecule has 0 bridgehead atoms. The van der Waals surface area contributed by atoms with Gasteiger partial charge in [0.2, 0.25) is 0 Å². The molecule has 0 spiro atoms. The second-order valence-corrected chi connectivity index (χ2v) is 5.71. The van der Waals surface area contributed by atoms with Crippen molar-refractivity contribution in [3.63, 3.8) is 0 Å². The fraction of sp³-hybridized carbons (Fsp3) is 0.417. The van der Waals surface area contributed by atoms with Crippen LogP contribution in [-0.2, 0) is 4.74 Å². The number of rotatable bonds is 2. The second-order valence-electron chi connectivity index (χ2n) is 3.94. The lowest BCUT2D eigenvalue weighted by Crippen LogP contribution is -2.15. The van der Waals surface area contributed by atoms with Gasteiger partial charge in [0.1, 0.15) is 6.10 Å². The van der Waals surface area contributed by atoms with Gasteiger partial charge in [-0.05, 0) is 59.8 Å². The van der Waals surface area contributed by atoms with E-state index in [1.165, 1.54) is 12.8 Å². The molecule has 1 fully saturated rings. The third-order valence-electron chi connectivity index (χ3n) is 2.73. The van der Waals surface area contributed by atoms with Crippen molar-refractivity contribution >= 4 is 37.8 Å². The van der Waals surface area contributed by atoms with Crippen molar-refractivity contribution in [3.05, 3.63) is 32.7 Å². The molecule has 0 atom stereocenters. The number of esters is 1. The van der Waals surface area contributed by atoms with Gasteiger partial charge >= 0.3 is 5.97 Å². The molecule has 2 rings (SSSR count). The number of hydrogen-bond acceptors (Lipinski definition) is 2. The molecule has 0 amide bonds. The summed E-state index contributed by atoms with van der Waals surface area (Å²) in [5, 5.41) is 0. The lowest BCUT2D eigenvalue weighted by atomic mass is 10.2. The van der Waals surface area contributed by atoms with Gasteiger partial charge in [0, 0.05) is 8.95 Å². The van der Waals surface area contributed by atoms with Crippen LogP contribution in [0.5, 0.6) is 0 Å². The highest BCUT2D eigenvalue weighted by molar-refractivity contribution is 9.11. The van der Waals surface area contributed by atoms with Gasteiger partial charge in [0.15, 0.2) is 0 Å². The minimum Gasteiger partial charge on any atom is -0.459 e. The molecule has 0 aromatic heterocycles. The summed E-state index contributed by atoms with van der Waals surface area (Å²) in [7, 11) is 0. The van der Waals surface area contributed by atoms with Crippen molar-refractivity contribution in [1.29, 1.82) is 0 Å². The quantitative estimate of drug-likeness (QED) is 0.745. The summed E-state index contributed by atoms with van der Waals surface area (Å²) in [6.07, 6.45) is 4.45. The van der Waals surface area contributed by atoms with Crippen molar-refractivity contribution in [2.45, 2.75) is 31.8 Å². The number of ether oxygens (including phenoxy) is 1. The second kappa shape index (κ2) is 5.32. The Morgan fingerprint density at radius 1 is 1.25 bits per heavy atom. The zero-order valence-electron chi connectivity index (χ0n) is 8.71. The first-order chi connectivity index (χ1) is 7.66. The van der Waals surface area contributed by atoms with Gasteiger partial charge in [-0.25, -0.2) is 4.79 Å². The smallest absolute Gasteiger partial charge is 0.339 e. The first-order valence-electron chi connectivity index (χ1n) is 5.33. The van der Waals surface area contributed by atoms with Gasteiger partial charge in [0.05, 0.1) is 5.56 Å². The van der Waals surface area contributed by atoms with E-state index in [0.717, 1.165) is 21.8 Å². The summed E-state index contributed by atoms with van der Waals surface area (Å²) in [6, 6.07) is 5.46. The molecule has 2 nitrogen and oxygen atoms in total. The van der Waals surface area contributed by atoms with E-state index in [-0.39, 0.29) is 12.1 Å². The maximum Gasteiger partial charge on any atom is 0.339 e. The fourth-order valence-corrected chi connectivity index (χ4v) is 3.09. The summed E-state index contributed by atoms with van der Waals surface area (Å²) in [4.78, 5) is 11.9. The standard InChI is InChI=1S/C12H12Br2O2/c13-8-5-6-10(11(14)7-8)12(15)16-9-3-1-2-4-9/h5-7,9H,1-4H2. The minimum atomic E-state index is -0.230. The molecule has 0 unspecified atom stereocenters. The Hall–Kier alpha value is -0.350. The van der Waals surface area contributed by atoms with Crippen molar-refractivity contribution in [2.75, 3.05) is 0 Å². The van der Waals surface area contributed by atoms with E-state index in [0.29, 0.717) is 5.56 Å². The van der Waals surface area contributed by atoms with Crippen LogP contribution >= 0.6 is 31.9 Å². The maximum atomic E-state index is 11.9. The van der Waals surface area contributed by atoms with Gasteiger partial charge in [-0.1, -0.05) is 15.9 Å². The van der Waals surface area contributed by atoms with E-state index in [4.69, 9.17) is 4.74 Å². The van der Waals surface area contributed by atoms with Crippen LogP contribution in [0.25, 0.3) is 0 Å². The van der Waals surface area contributed by atoms with Gasteiger partial charge in [-0.3, -0.25) is 0 Å². The van der Waals surface area contributed by atoms with Crippen LogP contribution in [0.2, 0.25) is 0 Å². The monoisotopic (exact) mass is 346 g/mol. The van der Waals surface area contributed by atoms with Crippen molar-refractivity contribution in [1.82, 2.24) is 0 Å². The highest BCUT2D eigenvalue weighted by Crippen LogP contribution is 2.26. The number of halogens is 2. The third kappa shape index (κ3) is 2.86. The van der Waals surface area contributed by atoms with Crippen molar-refractivity contribution < 1.29 is 9.53 Å². The predicted octanol–water partition coefficient (Wildman–Crippen LogP) is 4.31. The number of benzene rings is 1. The molecule has 0 N–H and O–H groups in total. The minimum absolute atomic E-state index is 0.114. The van der Waals surface area contributed by atoms with Gasteiger partial charge in [-0.15, -0.1) is 0 Å². The average Bonchev–Trinajstić information content (AvgIpc) is 2.70. The Morgan fingerprint density at radius 3 is 2.56 bits per heavy atom. The summed E-state index contributed by atoms with van der Waals surface area (Å²) in [5.74, 6) is -0.230. The van der Waals surface area contributed by atoms with Crippen LogP contribution in [0.1, 0.15) is 36.0 Å². The summed E-state index contributed by atoms with van der Waals surface area (Å²) in [5.41, 5.74) is 0.593. The molecule has 86 valence electrons. The number of carbonyl (C=O) groups is 1. The molecule has 16 heavy (non-hydrogen) atoms. The molecule has 0 heterocycles. The molecular formula is C12H12Br2O2. The molecule has 0 radical (unpaired) electrons.